The lowest BCUT2D eigenvalue weighted by Gasteiger charge is -2.04. The summed E-state index contributed by atoms with van der Waals surface area (Å²) in [7, 11) is 1.61. The van der Waals surface area contributed by atoms with Gasteiger partial charge in [0.1, 0.15) is 0 Å². The van der Waals surface area contributed by atoms with Crippen molar-refractivity contribution in [3.05, 3.63) is 23.9 Å². The zero-order chi connectivity index (χ0) is 11.6. The van der Waals surface area contributed by atoms with E-state index in [-0.39, 0.29) is 0 Å². The van der Waals surface area contributed by atoms with Gasteiger partial charge in [0.15, 0.2) is 0 Å². The number of pyridine rings is 1. The van der Waals surface area contributed by atoms with Crippen LogP contribution in [0.15, 0.2) is 18.3 Å². The van der Waals surface area contributed by atoms with Crippen LogP contribution in [-0.2, 0) is 6.54 Å². The van der Waals surface area contributed by atoms with Crippen LogP contribution in [0.3, 0.4) is 0 Å². The average molecular weight is 219 g/mol. The summed E-state index contributed by atoms with van der Waals surface area (Å²) in [4.78, 5) is 4.12. The van der Waals surface area contributed by atoms with E-state index in [4.69, 9.17) is 10.00 Å². The maximum atomic E-state index is 8.36. The minimum Gasteiger partial charge on any atom is -0.481 e. The topological polar surface area (TPSA) is 57.9 Å². The van der Waals surface area contributed by atoms with Crippen LogP contribution >= 0.6 is 0 Å². The molecule has 0 unspecified atom stereocenters. The molecule has 0 atom stereocenters. The molecule has 0 aromatic carbocycles. The third-order valence-corrected chi connectivity index (χ3v) is 2.23. The van der Waals surface area contributed by atoms with Crippen molar-refractivity contribution >= 4 is 0 Å². The third-order valence-electron chi connectivity index (χ3n) is 2.23. The van der Waals surface area contributed by atoms with Crippen LogP contribution in [0.5, 0.6) is 5.88 Å². The maximum absolute atomic E-state index is 8.36. The summed E-state index contributed by atoms with van der Waals surface area (Å²) in [5.74, 6) is 0.637. The summed E-state index contributed by atoms with van der Waals surface area (Å²) >= 11 is 0. The number of nitriles is 1. The summed E-state index contributed by atoms with van der Waals surface area (Å²) in [6.45, 7) is 1.75. The zero-order valence-corrected chi connectivity index (χ0v) is 9.57. The van der Waals surface area contributed by atoms with Gasteiger partial charge in [-0.1, -0.05) is 6.07 Å². The molecule has 0 aliphatic heterocycles. The first-order valence-electron chi connectivity index (χ1n) is 5.43. The first-order valence-corrected chi connectivity index (χ1v) is 5.43. The van der Waals surface area contributed by atoms with Crippen LogP contribution in [0.4, 0.5) is 0 Å². The first-order chi connectivity index (χ1) is 7.86. The van der Waals surface area contributed by atoms with Gasteiger partial charge in [-0.25, -0.2) is 4.98 Å². The Kier molecular flexibility index (Phi) is 5.97. The lowest BCUT2D eigenvalue weighted by Crippen LogP contribution is -2.14. The van der Waals surface area contributed by atoms with Crippen molar-refractivity contribution in [2.24, 2.45) is 0 Å². The number of aromatic nitrogens is 1. The summed E-state index contributed by atoms with van der Waals surface area (Å²) in [5, 5.41) is 11.7. The van der Waals surface area contributed by atoms with Gasteiger partial charge in [0.05, 0.1) is 13.2 Å². The van der Waals surface area contributed by atoms with E-state index in [1.54, 1.807) is 13.3 Å². The van der Waals surface area contributed by atoms with E-state index in [1.165, 1.54) is 0 Å². The van der Waals surface area contributed by atoms with Crippen LogP contribution in [0.2, 0.25) is 0 Å². The van der Waals surface area contributed by atoms with E-state index in [0.717, 1.165) is 31.5 Å². The van der Waals surface area contributed by atoms with Gasteiger partial charge >= 0.3 is 0 Å². The maximum Gasteiger partial charge on any atom is 0.212 e. The van der Waals surface area contributed by atoms with E-state index in [1.807, 2.05) is 12.1 Å². The van der Waals surface area contributed by atoms with E-state index >= 15 is 0 Å². The molecular weight excluding hydrogens is 202 g/mol. The highest BCUT2D eigenvalue weighted by Gasteiger charge is 1.95. The summed E-state index contributed by atoms with van der Waals surface area (Å²) in [6, 6.07) is 5.99. The number of unbranched alkanes of at least 4 members (excludes halogenated alkanes) is 2. The lowest BCUT2D eigenvalue weighted by molar-refractivity contribution is 0.397. The number of ether oxygens (including phenoxy) is 1. The number of hydrogen-bond donors (Lipinski definition) is 1. The predicted octanol–water partition coefficient (Wildman–Crippen LogP) is 1.87. The number of methoxy groups -OCH3 is 1. The van der Waals surface area contributed by atoms with Crippen molar-refractivity contribution < 1.29 is 4.74 Å². The molecular formula is C12H17N3O. The summed E-state index contributed by atoms with van der Waals surface area (Å²) in [5.41, 5.74) is 1.14. The van der Waals surface area contributed by atoms with Crippen molar-refractivity contribution in [3.8, 4) is 11.9 Å². The molecule has 0 fully saturated rings. The standard InChI is InChI=1S/C12H17N3O/c1-16-12-6-5-11(10-15-12)9-14-8-4-2-3-7-13/h5-6,10,14H,2-4,8-9H2,1H3. The highest BCUT2D eigenvalue weighted by molar-refractivity contribution is 5.17. The van der Waals surface area contributed by atoms with Gasteiger partial charge in [-0.3, -0.25) is 0 Å². The Morgan fingerprint density at radius 2 is 2.31 bits per heavy atom. The van der Waals surface area contributed by atoms with Crippen LogP contribution in [0.25, 0.3) is 0 Å². The molecule has 0 radical (unpaired) electrons. The van der Waals surface area contributed by atoms with Crippen LogP contribution < -0.4 is 10.1 Å². The van der Waals surface area contributed by atoms with Gasteiger partial charge < -0.3 is 10.1 Å². The molecule has 0 saturated carbocycles. The van der Waals surface area contributed by atoms with E-state index in [0.29, 0.717) is 12.3 Å². The molecule has 0 bridgehead atoms. The molecule has 1 aromatic rings. The molecule has 4 heteroatoms. The Balaban J connectivity index is 2.15. The van der Waals surface area contributed by atoms with Crippen molar-refractivity contribution in [1.29, 1.82) is 5.26 Å². The second-order valence-electron chi connectivity index (χ2n) is 3.50. The Morgan fingerprint density at radius 1 is 1.44 bits per heavy atom. The first kappa shape index (κ1) is 12.5. The Hall–Kier alpha value is -1.60. The zero-order valence-electron chi connectivity index (χ0n) is 9.57. The Morgan fingerprint density at radius 3 is 2.94 bits per heavy atom. The van der Waals surface area contributed by atoms with Gasteiger partial charge in [-0.05, 0) is 24.9 Å². The van der Waals surface area contributed by atoms with Crippen molar-refractivity contribution in [1.82, 2.24) is 10.3 Å². The molecule has 1 aromatic heterocycles. The summed E-state index contributed by atoms with van der Waals surface area (Å²) in [6.07, 6.45) is 4.45. The predicted molar refractivity (Wildman–Crippen MR) is 62.0 cm³/mol. The molecule has 1 heterocycles. The minimum atomic E-state index is 0.637. The number of rotatable bonds is 7. The quantitative estimate of drug-likeness (QED) is 0.711. The number of nitrogens with zero attached hydrogens (tertiary/aromatic N) is 2. The fourth-order valence-electron chi connectivity index (χ4n) is 1.32. The van der Waals surface area contributed by atoms with Crippen LogP contribution in [-0.4, -0.2) is 18.6 Å². The van der Waals surface area contributed by atoms with Crippen molar-refractivity contribution in [3.63, 3.8) is 0 Å². The smallest absolute Gasteiger partial charge is 0.212 e. The SMILES string of the molecule is COc1ccc(CNCCCCC#N)cn1. The summed E-state index contributed by atoms with van der Waals surface area (Å²) < 4.78 is 4.98. The van der Waals surface area contributed by atoms with Gasteiger partial charge in [-0.2, -0.15) is 5.26 Å². The molecule has 16 heavy (non-hydrogen) atoms. The molecule has 4 nitrogen and oxygen atoms in total. The van der Waals surface area contributed by atoms with E-state index in [9.17, 15) is 0 Å². The van der Waals surface area contributed by atoms with Crippen molar-refractivity contribution in [2.45, 2.75) is 25.8 Å². The van der Waals surface area contributed by atoms with Gasteiger partial charge in [-0.15, -0.1) is 0 Å². The molecule has 1 N–H and O–H groups in total. The molecule has 0 aliphatic carbocycles. The monoisotopic (exact) mass is 219 g/mol. The Bertz CT molecular complexity index is 329. The second kappa shape index (κ2) is 7.66. The van der Waals surface area contributed by atoms with Crippen molar-refractivity contribution in [2.75, 3.05) is 13.7 Å². The lowest BCUT2D eigenvalue weighted by atomic mass is 10.2. The third kappa shape index (κ3) is 4.76. The largest absolute Gasteiger partial charge is 0.481 e. The normalized spacial score (nSPS) is 9.75. The van der Waals surface area contributed by atoms with Crippen LogP contribution in [0.1, 0.15) is 24.8 Å². The molecule has 86 valence electrons. The second-order valence-corrected chi connectivity index (χ2v) is 3.50. The molecule has 0 saturated heterocycles. The number of nitrogens with one attached hydrogen (secondary N) is 1. The van der Waals surface area contributed by atoms with Gasteiger partial charge in [0.2, 0.25) is 5.88 Å². The fourth-order valence-corrected chi connectivity index (χ4v) is 1.32. The minimum absolute atomic E-state index is 0.637. The highest BCUT2D eigenvalue weighted by Crippen LogP contribution is 2.06. The van der Waals surface area contributed by atoms with E-state index < -0.39 is 0 Å². The number of hydrogen-bond acceptors (Lipinski definition) is 4. The van der Waals surface area contributed by atoms with Crippen LogP contribution in [0, 0.1) is 11.3 Å². The average Bonchev–Trinajstić information content (AvgIpc) is 2.34. The fraction of sp³-hybridized carbons (Fsp3) is 0.500. The van der Waals surface area contributed by atoms with E-state index in [2.05, 4.69) is 16.4 Å². The molecule has 0 aliphatic rings. The molecule has 0 amide bonds. The van der Waals surface area contributed by atoms with Gasteiger partial charge in [0, 0.05) is 25.2 Å². The molecule has 1 rings (SSSR count). The molecule has 0 spiro atoms. The highest BCUT2D eigenvalue weighted by atomic mass is 16.5. The Labute approximate surface area is 96.3 Å². The van der Waals surface area contributed by atoms with Gasteiger partial charge in [0.25, 0.3) is 0 Å².